The maximum Gasteiger partial charge on any atom is 0.193 e. The molecule has 0 radical (unpaired) electrons. The predicted molar refractivity (Wildman–Crippen MR) is 108 cm³/mol. The minimum atomic E-state index is 0.306. The first-order valence-corrected chi connectivity index (χ1v) is 10.2. The largest absolute Gasteiger partial charge is 0.490 e. The summed E-state index contributed by atoms with van der Waals surface area (Å²) in [6, 6.07) is 10.9. The molecule has 5 nitrogen and oxygen atoms in total. The van der Waals surface area contributed by atoms with Crippen LogP contribution >= 0.6 is 0 Å². The smallest absolute Gasteiger partial charge is 0.193 e. The SMILES string of the molecule is CN=C(NCCN1CCCCC1C)N1CCC(Oc2ccccc2)CC1. The molecule has 2 heterocycles. The number of ether oxygens (including phenoxy) is 1. The Morgan fingerprint density at radius 1 is 1.12 bits per heavy atom. The van der Waals surface area contributed by atoms with E-state index in [-0.39, 0.29) is 0 Å². The Morgan fingerprint density at radius 2 is 1.88 bits per heavy atom. The van der Waals surface area contributed by atoms with Gasteiger partial charge in [0.05, 0.1) is 0 Å². The van der Waals surface area contributed by atoms with Crippen LogP contribution in [0.15, 0.2) is 35.3 Å². The van der Waals surface area contributed by atoms with E-state index < -0.39 is 0 Å². The van der Waals surface area contributed by atoms with Gasteiger partial charge < -0.3 is 15.0 Å². The van der Waals surface area contributed by atoms with Crippen LogP contribution < -0.4 is 10.1 Å². The van der Waals surface area contributed by atoms with Gasteiger partial charge in [-0.25, -0.2) is 0 Å². The molecule has 2 saturated heterocycles. The number of para-hydroxylation sites is 1. The van der Waals surface area contributed by atoms with E-state index >= 15 is 0 Å². The molecule has 0 spiro atoms. The van der Waals surface area contributed by atoms with E-state index in [1.54, 1.807) is 0 Å². The van der Waals surface area contributed by atoms with Crippen LogP contribution in [-0.4, -0.2) is 67.7 Å². The highest BCUT2D eigenvalue weighted by atomic mass is 16.5. The number of guanidine groups is 1. The number of benzene rings is 1. The van der Waals surface area contributed by atoms with Gasteiger partial charge in [-0.2, -0.15) is 0 Å². The molecule has 2 aliphatic rings. The zero-order chi connectivity index (χ0) is 18.2. The first-order valence-electron chi connectivity index (χ1n) is 10.2. The van der Waals surface area contributed by atoms with Crippen LogP contribution in [0.4, 0.5) is 0 Å². The van der Waals surface area contributed by atoms with Crippen LogP contribution in [0.3, 0.4) is 0 Å². The Morgan fingerprint density at radius 3 is 2.58 bits per heavy atom. The fourth-order valence-corrected chi connectivity index (χ4v) is 4.01. The molecular weight excluding hydrogens is 324 g/mol. The van der Waals surface area contributed by atoms with Gasteiger partial charge in [0.15, 0.2) is 5.96 Å². The van der Waals surface area contributed by atoms with Crippen LogP contribution in [0.25, 0.3) is 0 Å². The van der Waals surface area contributed by atoms with Gasteiger partial charge in [0.2, 0.25) is 0 Å². The van der Waals surface area contributed by atoms with Crippen molar-refractivity contribution >= 4 is 5.96 Å². The third-order valence-electron chi connectivity index (χ3n) is 5.62. The lowest BCUT2D eigenvalue weighted by Crippen LogP contribution is -2.49. The zero-order valence-corrected chi connectivity index (χ0v) is 16.4. The van der Waals surface area contributed by atoms with E-state index in [2.05, 4.69) is 27.0 Å². The summed E-state index contributed by atoms with van der Waals surface area (Å²) in [6.07, 6.45) is 6.45. The highest BCUT2D eigenvalue weighted by molar-refractivity contribution is 5.79. The van der Waals surface area contributed by atoms with Crippen LogP contribution in [0.1, 0.15) is 39.0 Å². The van der Waals surface area contributed by atoms with Gasteiger partial charge in [-0.3, -0.25) is 9.89 Å². The van der Waals surface area contributed by atoms with Gasteiger partial charge in [0, 0.05) is 52.1 Å². The summed E-state index contributed by atoms with van der Waals surface area (Å²) in [5.74, 6) is 2.01. The number of nitrogens with one attached hydrogen (secondary N) is 1. The molecule has 1 aromatic carbocycles. The van der Waals surface area contributed by atoms with E-state index in [0.29, 0.717) is 6.10 Å². The summed E-state index contributed by atoms with van der Waals surface area (Å²) in [5, 5.41) is 3.56. The van der Waals surface area contributed by atoms with Gasteiger partial charge in [-0.05, 0) is 38.4 Å². The molecule has 2 fully saturated rings. The average Bonchev–Trinajstić information content (AvgIpc) is 2.68. The molecule has 2 aliphatic heterocycles. The van der Waals surface area contributed by atoms with Gasteiger partial charge >= 0.3 is 0 Å². The number of aliphatic imine (C=N–C) groups is 1. The average molecular weight is 359 g/mol. The Balaban J connectivity index is 1.39. The molecule has 3 rings (SSSR count). The second-order valence-electron chi connectivity index (χ2n) is 7.47. The summed E-state index contributed by atoms with van der Waals surface area (Å²) in [4.78, 5) is 9.46. The van der Waals surface area contributed by atoms with Crippen molar-refractivity contribution in [1.29, 1.82) is 0 Å². The van der Waals surface area contributed by atoms with Crippen molar-refractivity contribution < 1.29 is 4.74 Å². The molecule has 0 aromatic heterocycles. The third-order valence-corrected chi connectivity index (χ3v) is 5.62. The monoisotopic (exact) mass is 358 g/mol. The first kappa shape index (κ1) is 19.0. The molecule has 144 valence electrons. The minimum absolute atomic E-state index is 0.306. The van der Waals surface area contributed by atoms with Crippen molar-refractivity contribution in [2.75, 3.05) is 39.8 Å². The fraction of sp³-hybridized carbons (Fsp3) is 0.667. The number of piperidine rings is 2. The highest BCUT2D eigenvalue weighted by Gasteiger charge is 2.23. The van der Waals surface area contributed by atoms with Crippen molar-refractivity contribution in [3.05, 3.63) is 30.3 Å². The number of likely N-dealkylation sites (tertiary alicyclic amines) is 2. The molecule has 1 atom stereocenters. The van der Waals surface area contributed by atoms with Crippen LogP contribution in [-0.2, 0) is 0 Å². The van der Waals surface area contributed by atoms with E-state index in [9.17, 15) is 0 Å². The summed E-state index contributed by atoms with van der Waals surface area (Å²) in [6.45, 7) is 7.66. The lowest BCUT2D eigenvalue weighted by atomic mass is 10.0. The topological polar surface area (TPSA) is 40.1 Å². The number of hydrogen-bond donors (Lipinski definition) is 1. The third kappa shape index (κ3) is 5.37. The Labute approximate surface area is 158 Å². The number of nitrogens with zero attached hydrogens (tertiary/aromatic N) is 3. The molecule has 26 heavy (non-hydrogen) atoms. The zero-order valence-electron chi connectivity index (χ0n) is 16.4. The minimum Gasteiger partial charge on any atom is -0.490 e. The fourth-order valence-electron chi connectivity index (χ4n) is 4.01. The molecule has 0 aliphatic carbocycles. The van der Waals surface area contributed by atoms with E-state index in [0.717, 1.165) is 56.8 Å². The molecule has 1 N–H and O–H groups in total. The standard InChI is InChI=1S/C21H34N4O/c1-18-8-6-7-14-24(18)17-13-23-21(22-2)25-15-11-20(12-16-25)26-19-9-4-3-5-10-19/h3-5,9-10,18,20H,6-8,11-17H2,1-2H3,(H,22,23). The molecule has 1 aromatic rings. The first-order chi connectivity index (χ1) is 12.8. The lowest BCUT2D eigenvalue weighted by Gasteiger charge is -2.36. The molecule has 5 heteroatoms. The predicted octanol–water partition coefficient (Wildman–Crippen LogP) is 2.98. The summed E-state index contributed by atoms with van der Waals surface area (Å²) in [5.41, 5.74) is 0. The summed E-state index contributed by atoms with van der Waals surface area (Å²) in [7, 11) is 1.89. The Kier molecular flexibility index (Phi) is 7.18. The van der Waals surface area contributed by atoms with Crippen molar-refractivity contribution in [2.45, 2.75) is 51.2 Å². The van der Waals surface area contributed by atoms with E-state index in [4.69, 9.17) is 4.74 Å². The molecule has 0 saturated carbocycles. The number of hydrogen-bond acceptors (Lipinski definition) is 3. The van der Waals surface area contributed by atoms with Crippen LogP contribution in [0.2, 0.25) is 0 Å². The lowest BCUT2D eigenvalue weighted by molar-refractivity contribution is 0.129. The maximum absolute atomic E-state index is 6.10. The second-order valence-corrected chi connectivity index (χ2v) is 7.47. The second kappa shape index (κ2) is 9.81. The number of rotatable bonds is 5. The Hall–Kier alpha value is -1.75. The van der Waals surface area contributed by atoms with Crippen molar-refractivity contribution in [3.8, 4) is 5.75 Å². The van der Waals surface area contributed by atoms with Gasteiger partial charge in [0.25, 0.3) is 0 Å². The molecule has 1 unspecified atom stereocenters. The summed E-state index contributed by atoms with van der Waals surface area (Å²) < 4.78 is 6.10. The molecule has 0 bridgehead atoms. The van der Waals surface area contributed by atoms with Gasteiger partial charge in [-0.1, -0.05) is 24.6 Å². The van der Waals surface area contributed by atoms with Crippen LogP contribution in [0, 0.1) is 0 Å². The Bertz CT molecular complexity index is 554. The van der Waals surface area contributed by atoms with E-state index in [1.807, 2.05) is 37.4 Å². The summed E-state index contributed by atoms with van der Waals surface area (Å²) >= 11 is 0. The molecule has 0 amide bonds. The van der Waals surface area contributed by atoms with Crippen molar-refractivity contribution in [2.24, 2.45) is 4.99 Å². The van der Waals surface area contributed by atoms with Crippen molar-refractivity contribution in [1.82, 2.24) is 15.1 Å². The maximum atomic E-state index is 6.10. The highest BCUT2D eigenvalue weighted by Crippen LogP contribution is 2.19. The normalized spacial score (nSPS) is 23.1. The quantitative estimate of drug-likeness (QED) is 0.649. The van der Waals surface area contributed by atoms with Crippen LogP contribution in [0.5, 0.6) is 5.75 Å². The molecular formula is C21H34N4O. The van der Waals surface area contributed by atoms with Crippen molar-refractivity contribution in [3.63, 3.8) is 0 Å². The van der Waals surface area contributed by atoms with E-state index in [1.165, 1.54) is 25.8 Å². The van der Waals surface area contributed by atoms with Gasteiger partial charge in [0.1, 0.15) is 11.9 Å². The van der Waals surface area contributed by atoms with Gasteiger partial charge in [-0.15, -0.1) is 0 Å².